The molecule has 0 saturated carbocycles. The Balaban J connectivity index is 1.35. The Morgan fingerprint density at radius 2 is 1.72 bits per heavy atom. The predicted molar refractivity (Wildman–Crippen MR) is 110 cm³/mol. The fraction of sp³-hybridized carbons (Fsp3) is 0.136. The van der Waals surface area contributed by atoms with Crippen LogP contribution in [0.1, 0.15) is 21.5 Å². The zero-order chi connectivity index (χ0) is 20.2. The lowest BCUT2D eigenvalue weighted by atomic mass is 9.80. The van der Waals surface area contributed by atoms with Crippen LogP contribution in [0.3, 0.4) is 0 Å². The molecule has 0 bridgehead atoms. The molecule has 4 rings (SSSR count). The van der Waals surface area contributed by atoms with Gasteiger partial charge in [-0.2, -0.15) is 0 Å². The Labute approximate surface area is 169 Å². The maximum Gasteiger partial charge on any atom is 0.491 e. The van der Waals surface area contributed by atoms with Crippen molar-refractivity contribution in [3.05, 3.63) is 83.4 Å². The third-order valence-electron chi connectivity index (χ3n) is 4.74. The second-order valence-corrected chi connectivity index (χ2v) is 6.68. The number of nitrogens with one attached hydrogen (secondary N) is 1. The number of carbonyl (C=O) groups is 1. The van der Waals surface area contributed by atoms with Crippen molar-refractivity contribution in [2.24, 2.45) is 0 Å². The summed E-state index contributed by atoms with van der Waals surface area (Å²) in [6, 6.07) is 19.9. The molecule has 3 aromatic rings. The van der Waals surface area contributed by atoms with Gasteiger partial charge in [0.25, 0.3) is 5.91 Å². The largest absolute Gasteiger partial charge is 0.497 e. The van der Waals surface area contributed by atoms with E-state index in [2.05, 4.69) is 5.32 Å². The molecular formula is C22H20BNO5. The summed E-state index contributed by atoms with van der Waals surface area (Å²) in [5.41, 5.74) is 3.21. The first-order chi connectivity index (χ1) is 14.1. The summed E-state index contributed by atoms with van der Waals surface area (Å²) in [5.74, 6) is 1.90. The fourth-order valence-corrected chi connectivity index (χ4v) is 3.11. The van der Waals surface area contributed by atoms with E-state index in [1.54, 1.807) is 43.5 Å². The monoisotopic (exact) mass is 389 g/mol. The van der Waals surface area contributed by atoms with Gasteiger partial charge < -0.3 is 24.5 Å². The molecule has 1 heterocycles. The number of rotatable bonds is 6. The molecule has 0 fully saturated rings. The van der Waals surface area contributed by atoms with E-state index >= 15 is 0 Å². The third-order valence-corrected chi connectivity index (χ3v) is 4.74. The van der Waals surface area contributed by atoms with Gasteiger partial charge >= 0.3 is 7.12 Å². The van der Waals surface area contributed by atoms with Crippen molar-refractivity contribution in [1.82, 2.24) is 5.32 Å². The summed E-state index contributed by atoms with van der Waals surface area (Å²) in [4.78, 5) is 12.4. The summed E-state index contributed by atoms with van der Waals surface area (Å²) in [6.45, 7) is 0.797. The van der Waals surface area contributed by atoms with E-state index in [9.17, 15) is 9.82 Å². The predicted octanol–water partition coefficient (Wildman–Crippen LogP) is 2.64. The van der Waals surface area contributed by atoms with Crippen LogP contribution in [0.15, 0.2) is 66.7 Å². The highest BCUT2D eigenvalue weighted by Gasteiger charge is 2.27. The molecule has 2 N–H and O–H groups in total. The lowest BCUT2D eigenvalue weighted by molar-refractivity contribution is 0.0951. The molecule has 3 aromatic carbocycles. The Morgan fingerprint density at radius 3 is 2.45 bits per heavy atom. The standard InChI is InChI=1S/C22H20BNO5/c1-27-18-6-2-15(3-7-18)13-24-22(25)16-4-8-19(9-5-16)29-20-10-11-21-17(12-20)14-28-23(21)26/h2-12,26H,13-14H2,1H3,(H,24,25). The van der Waals surface area contributed by atoms with Crippen molar-refractivity contribution in [2.45, 2.75) is 13.2 Å². The molecule has 0 spiro atoms. The van der Waals surface area contributed by atoms with Gasteiger partial charge in [-0.05, 0) is 65.1 Å². The Morgan fingerprint density at radius 1 is 1.03 bits per heavy atom. The second kappa shape index (κ2) is 8.38. The zero-order valence-corrected chi connectivity index (χ0v) is 15.9. The molecule has 6 nitrogen and oxygen atoms in total. The Hall–Kier alpha value is -3.29. The summed E-state index contributed by atoms with van der Waals surface area (Å²) in [7, 11) is 0.752. The fourth-order valence-electron chi connectivity index (χ4n) is 3.11. The molecule has 0 atom stereocenters. The molecule has 146 valence electrons. The van der Waals surface area contributed by atoms with E-state index in [-0.39, 0.29) is 5.91 Å². The topological polar surface area (TPSA) is 77.0 Å². The highest BCUT2D eigenvalue weighted by Crippen LogP contribution is 2.24. The lowest BCUT2D eigenvalue weighted by Gasteiger charge is -2.09. The van der Waals surface area contributed by atoms with E-state index in [0.29, 0.717) is 30.2 Å². The maximum atomic E-state index is 12.4. The van der Waals surface area contributed by atoms with Crippen LogP contribution in [0, 0.1) is 0 Å². The number of benzene rings is 3. The van der Waals surface area contributed by atoms with Crippen molar-refractivity contribution in [3.63, 3.8) is 0 Å². The van der Waals surface area contributed by atoms with Crippen LogP contribution in [-0.4, -0.2) is 25.2 Å². The number of amides is 1. The van der Waals surface area contributed by atoms with Crippen LogP contribution in [0.2, 0.25) is 0 Å². The van der Waals surface area contributed by atoms with Gasteiger partial charge in [-0.1, -0.05) is 18.2 Å². The van der Waals surface area contributed by atoms with Gasteiger partial charge in [-0.3, -0.25) is 4.79 Å². The van der Waals surface area contributed by atoms with Gasteiger partial charge in [0.15, 0.2) is 0 Å². The highest BCUT2D eigenvalue weighted by molar-refractivity contribution is 6.61. The van der Waals surface area contributed by atoms with Crippen LogP contribution in [0.5, 0.6) is 17.2 Å². The molecule has 0 radical (unpaired) electrons. The normalized spacial score (nSPS) is 12.4. The quantitative estimate of drug-likeness (QED) is 0.634. The number of hydrogen-bond donors (Lipinski definition) is 2. The lowest BCUT2D eigenvalue weighted by Crippen LogP contribution is -2.27. The third kappa shape index (κ3) is 4.42. The molecule has 0 saturated heterocycles. The average molecular weight is 389 g/mol. The molecule has 0 aliphatic carbocycles. The van der Waals surface area contributed by atoms with E-state index in [1.165, 1.54) is 0 Å². The van der Waals surface area contributed by atoms with E-state index in [0.717, 1.165) is 22.3 Å². The van der Waals surface area contributed by atoms with Crippen LogP contribution in [-0.2, 0) is 17.8 Å². The number of methoxy groups -OCH3 is 1. The SMILES string of the molecule is COc1ccc(CNC(=O)c2ccc(Oc3ccc4c(c3)COB4O)cc2)cc1. The van der Waals surface area contributed by atoms with Crippen molar-refractivity contribution in [1.29, 1.82) is 0 Å². The molecule has 1 aliphatic rings. The Bertz CT molecular complexity index is 1000. The summed E-state index contributed by atoms with van der Waals surface area (Å²) >= 11 is 0. The van der Waals surface area contributed by atoms with Crippen LogP contribution >= 0.6 is 0 Å². The first kappa shape index (κ1) is 19.0. The molecule has 0 aromatic heterocycles. The van der Waals surface area contributed by atoms with Crippen molar-refractivity contribution in [2.75, 3.05) is 7.11 Å². The first-order valence-electron chi connectivity index (χ1n) is 9.24. The van der Waals surface area contributed by atoms with Crippen LogP contribution in [0.25, 0.3) is 0 Å². The van der Waals surface area contributed by atoms with Crippen LogP contribution < -0.4 is 20.3 Å². The minimum atomic E-state index is -0.866. The van der Waals surface area contributed by atoms with Crippen molar-refractivity contribution in [3.8, 4) is 17.2 Å². The minimum Gasteiger partial charge on any atom is -0.497 e. The molecule has 0 unspecified atom stereocenters. The minimum absolute atomic E-state index is 0.156. The van der Waals surface area contributed by atoms with Crippen molar-refractivity contribution >= 4 is 18.5 Å². The summed E-state index contributed by atoms with van der Waals surface area (Å²) < 4.78 is 16.2. The average Bonchev–Trinajstić information content (AvgIpc) is 3.13. The summed E-state index contributed by atoms with van der Waals surface area (Å²) in [5, 5.41) is 12.6. The maximum absolute atomic E-state index is 12.4. The molecule has 29 heavy (non-hydrogen) atoms. The number of ether oxygens (including phenoxy) is 2. The van der Waals surface area contributed by atoms with E-state index in [1.807, 2.05) is 30.3 Å². The first-order valence-corrected chi connectivity index (χ1v) is 9.24. The number of fused-ring (bicyclic) bond motifs is 1. The van der Waals surface area contributed by atoms with Crippen LogP contribution in [0.4, 0.5) is 0 Å². The Kier molecular flexibility index (Phi) is 5.51. The molecular weight excluding hydrogens is 369 g/mol. The zero-order valence-electron chi connectivity index (χ0n) is 15.9. The number of hydrogen-bond acceptors (Lipinski definition) is 5. The van der Waals surface area contributed by atoms with Gasteiger partial charge in [-0.15, -0.1) is 0 Å². The number of carbonyl (C=O) groups excluding carboxylic acids is 1. The molecule has 1 amide bonds. The molecule has 1 aliphatic heterocycles. The van der Waals surface area contributed by atoms with Gasteiger partial charge in [0.1, 0.15) is 17.2 Å². The second-order valence-electron chi connectivity index (χ2n) is 6.68. The highest BCUT2D eigenvalue weighted by atomic mass is 16.5. The van der Waals surface area contributed by atoms with Crippen molar-refractivity contribution < 1.29 is 23.9 Å². The van der Waals surface area contributed by atoms with Gasteiger partial charge in [0.05, 0.1) is 13.7 Å². The van der Waals surface area contributed by atoms with Gasteiger partial charge in [0.2, 0.25) is 0 Å². The van der Waals surface area contributed by atoms with Gasteiger partial charge in [-0.25, -0.2) is 0 Å². The van der Waals surface area contributed by atoms with E-state index < -0.39 is 7.12 Å². The summed E-state index contributed by atoms with van der Waals surface area (Å²) in [6.07, 6.45) is 0. The van der Waals surface area contributed by atoms with Gasteiger partial charge in [0, 0.05) is 12.1 Å². The smallest absolute Gasteiger partial charge is 0.491 e. The van der Waals surface area contributed by atoms with E-state index in [4.69, 9.17) is 14.1 Å². The molecule has 7 heteroatoms.